The van der Waals surface area contributed by atoms with Gasteiger partial charge in [-0.2, -0.15) is 0 Å². The molecule has 2 rings (SSSR count). The van der Waals surface area contributed by atoms with Crippen molar-refractivity contribution in [2.75, 3.05) is 0 Å². The molecular formula is C19H22BrNO. The summed E-state index contributed by atoms with van der Waals surface area (Å²) in [7, 11) is 0. The number of nitrogens with zero attached hydrogens (tertiary/aromatic N) is 1. The van der Waals surface area contributed by atoms with E-state index in [9.17, 15) is 4.79 Å². The van der Waals surface area contributed by atoms with Crippen LogP contribution in [-0.2, 0) is 0 Å². The summed E-state index contributed by atoms with van der Waals surface area (Å²) in [4.78, 5) is 14.8. The average molecular weight is 360 g/mol. The molecule has 2 nitrogen and oxygen atoms in total. The van der Waals surface area contributed by atoms with E-state index in [1.165, 1.54) is 0 Å². The Bertz CT molecular complexity index is 642. The van der Waals surface area contributed by atoms with E-state index in [2.05, 4.69) is 28.1 Å². The standard InChI is InChI=1S/C19H22BrNO/c1-13(2)21(14(3)4)19(22)17-12-16(10-11-18(17)20)15-8-6-5-7-9-15/h5-14H,1-4H3. The molecule has 116 valence electrons. The number of halogens is 1. The van der Waals surface area contributed by atoms with Crippen LogP contribution < -0.4 is 0 Å². The van der Waals surface area contributed by atoms with E-state index in [-0.39, 0.29) is 18.0 Å². The van der Waals surface area contributed by atoms with E-state index in [0.29, 0.717) is 5.56 Å². The van der Waals surface area contributed by atoms with Crippen molar-refractivity contribution in [3.05, 3.63) is 58.6 Å². The second-order valence-corrected chi connectivity index (χ2v) is 6.81. The zero-order valence-electron chi connectivity index (χ0n) is 13.5. The van der Waals surface area contributed by atoms with E-state index in [1.807, 2.05) is 69.0 Å². The van der Waals surface area contributed by atoms with Crippen LogP contribution in [0.5, 0.6) is 0 Å². The van der Waals surface area contributed by atoms with Crippen molar-refractivity contribution in [3.8, 4) is 11.1 Å². The van der Waals surface area contributed by atoms with Gasteiger partial charge in [0.2, 0.25) is 0 Å². The molecule has 0 spiro atoms. The minimum Gasteiger partial charge on any atom is -0.334 e. The van der Waals surface area contributed by atoms with Crippen molar-refractivity contribution in [1.82, 2.24) is 4.90 Å². The molecule has 0 N–H and O–H groups in total. The number of hydrogen-bond acceptors (Lipinski definition) is 1. The molecule has 22 heavy (non-hydrogen) atoms. The Morgan fingerprint density at radius 2 is 1.50 bits per heavy atom. The number of carbonyl (C=O) groups excluding carboxylic acids is 1. The van der Waals surface area contributed by atoms with Crippen molar-refractivity contribution < 1.29 is 4.79 Å². The van der Waals surface area contributed by atoms with Crippen LogP contribution in [0.3, 0.4) is 0 Å². The molecule has 0 aliphatic rings. The summed E-state index contributed by atoms with van der Waals surface area (Å²) >= 11 is 3.52. The molecule has 0 unspecified atom stereocenters. The van der Waals surface area contributed by atoms with Crippen LogP contribution in [-0.4, -0.2) is 22.9 Å². The molecule has 0 heterocycles. The maximum atomic E-state index is 12.9. The summed E-state index contributed by atoms with van der Waals surface area (Å²) in [6.07, 6.45) is 0. The van der Waals surface area contributed by atoms with E-state index in [4.69, 9.17) is 0 Å². The molecule has 2 aromatic rings. The lowest BCUT2D eigenvalue weighted by Crippen LogP contribution is -2.42. The Hall–Kier alpha value is -1.61. The largest absolute Gasteiger partial charge is 0.334 e. The van der Waals surface area contributed by atoms with Gasteiger partial charge in [-0.15, -0.1) is 0 Å². The first-order chi connectivity index (χ1) is 10.4. The average Bonchev–Trinajstić information content (AvgIpc) is 2.47. The smallest absolute Gasteiger partial charge is 0.255 e. The highest BCUT2D eigenvalue weighted by atomic mass is 79.9. The van der Waals surface area contributed by atoms with Gasteiger partial charge in [-0.05, 0) is 66.9 Å². The van der Waals surface area contributed by atoms with Gasteiger partial charge in [-0.25, -0.2) is 0 Å². The zero-order valence-corrected chi connectivity index (χ0v) is 15.1. The number of rotatable bonds is 4. The second-order valence-electron chi connectivity index (χ2n) is 5.96. The Kier molecular flexibility index (Phi) is 5.41. The van der Waals surface area contributed by atoms with Gasteiger partial charge in [0, 0.05) is 16.6 Å². The molecule has 0 fully saturated rings. The number of carbonyl (C=O) groups is 1. The third-order valence-corrected chi connectivity index (χ3v) is 4.34. The first kappa shape index (κ1) is 16.8. The van der Waals surface area contributed by atoms with Gasteiger partial charge in [-0.3, -0.25) is 4.79 Å². The van der Waals surface area contributed by atoms with Crippen molar-refractivity contribution >= 4 is 21.8 Å². The molecule has 1 amide bonds. The normalized spacial score (nSPS) is 11.0. The molecule has 0 saturated heterocycles. The molecule has 0 aliphatic carbocycles. The van der Waals surface area contributed by atoms with Crippen LogP contribution >= 0.6 is 15.9 Å². The first-order valence-corrected chi connectivity index (χ1v) is 8.38. The lowest BCUT2D eigenvalue weighted by molar-refractivity contribution is 0.0643. The summed E-state index contributed by atoms with van der Waals surface area (Å²) in [6.45, 7) is 8.19. The predicted octanol–water partition coefficient (Wildman–Crippen LogP) is 5.38. The molecule has 0 radical (unpaired) electrons. The topological polar surface area (TPSA) is 20.3 Å². The maximum absolute atomic E-state index is 12.9. The summed E-state index contributed by atoms with van der Waals surface area (Å²) in [5.74, 6) is 0.0645. The van der Waals surface area contributed by atoms with Gasteiger partial charge in [0.15, 0.2) is 0 Å². The highest BCUT2D eigenvalue weighted by Crippen LogP contribution is 2.27. The molecule has 0 bridgehead atoms. The summed E-state index contributed by atoms with van der Waals surface area (Å²) in [6, 6.07) is 16.4. The molecule has 0 aliphatic heterocycles. The molecule has 0 aromatic heterocycles. The third kappa shape index (κ3) is 3.58. The minimum atomic E-state index is 0.0645. The van der Waals surface area contributed by atoms with Crippen molar-refractivity contribution in [3.63, 3.8) is 0 Å². The molecule has 0 atom stereocenters. The molecule has 0 saturated carbocycles. The van der Waals surface area contributed by atoms with Crippen molar-refractivity contribution in [2.45, 2.75) is 39.8 Å². The molecule has 3 heteroatoms. The molecule has 2 aromatic carbocycles. The van der Waals surface area contributed by atoms with Crippen LogP contribution in [0.4, 0.5) is 0 Å². The van der Waals surface area contributed by atoms with E-state index in [0.717, 1.165) is 15.6 Å². The Balaban J connectivity index is 2.45. The van der Waals surface area contributed by atoms with Gasteiger partial charge in [0.05, 0.1) is 5.56 Å². The highest BCUT2D eigenvalue weighted by Gasteiger charge is 2.23. The van der Waals surface area contributed by atoms with Gasteiger partial charge >= 0.3 is 0 Å². The summed E-state index contributed by atoms with van der Waals surface area (Å²) < 4.78 is 0.837. The van der Waals surface area contributed by atoms with Crippen LogP contribution in [0.15, 0.2) is 53.0 Å². The predicted molar refractivity (Wildman–Crippen MR) is 96.0 cm³/mol. The fraction of sp³-hybridized carbons (Fsp3) is 0.316. The van der Waals surface area contributed by atoms with Gasteiger partial charge in [0.25, 0.3) is 5.91 Å². The van der Waals surface area contributed by atoms with Crippen molar-refractivity contribution in [1.29, 1.82) is 0 Å². The minimum absolute atomic E-state index is 0.0645. The molecular weight excluding hydrogens is 338 g/mol. The third-order valence-electron chi connectivity index (χ3n) is 3.65. The van der Waals surface area contributed by atoms with Gasteiger partial charge in [0.1, 0.15) is 0 Å². The Morgan fingerprint density at radius 3 is 2.05 bits per heavy atom. The summed E-state index contributed by atoms with van der Waals surface area (Å²) in [5.41, 5.74) is 2.88. The number of hydrogen-bond donors (Lipinski definition) is 0. The van der Waals surface area contributed by atoms with Crippen LogP contribution in [0, 0.1) is 0 Å². The Morgan fingerprint density at radius 1 is 0.909 bits per heavy atom. The lowest BCUT2D eigenvalue weighted by atomic mass is 10.0. The first-order valence-electron chi connectivity index (χ1n) is 7.59. The van der Waals surface area contributed by atoms with E-state index >= 15 is 0 Å². The number of amides is 1. The SMILES string of the molecule is CC(C)N(C(=O)c1cc(-c2ccccc2)ccc1Br)C(C)C. The van der Waals surface area contributed by atoms with Gasteiger partial charge in [-0.1, -0.05) is 36.4 Å². The highest BCUT2D eigenvalue weighted by molar-refractivity contribution is 9.10. The van der Waals surface area contributed by atoms with Crippen molar-refractivity contribution in [2.24, 2.45) is 0 Å². The van der Waals surface area contributed by atoms with Gasteiger partial charge < -0.3 is 4.90 Å². The maximum Gasteiger partial charge on any atom is 0.255 e. The van der Waals surface area contributed by atoms with Crippen LogP contribution in [0.25, 0.3) is 11.1 Å². The fourth-order valence-corrected chi connectivity index (χ4v) is 3.12. The Labute approximate surface area is 141 Å². The quantitative estimate of drug-likeness (QED) is 0.717. The van der Waals surface area contributed by atoms with Crippen LogP contribution in [0.2, 0.25) is 0 Å². The van der Waals surface area contributed by atoms with E-state index in [1.54, 1.807) is 0 Å². The zero-order chi connectivity index (χ0) is 16.3. The second kappa shape index (κ2) is 7.10. The lowest BCUT2D eigenvalue weighted by Gasteiger charge is -2.31. The summed E-state index contributed by atoms with van der Waals surface area (Å²) in [5, 5.41) is 0. The van der Waals surface area contributed by atoms with Crippen LogP contribution in [0.1, 0.15) is 38.1 Å². The fourth-order valence-electron chi connectivity index (χ4n) is 2.70. The number of benzene rings is 2. The monoisotopic (exact) mass is 359 g/mol. The van der Waals surface area contributed by atoms with E-state index < -0.39 is 0 Å².